The predicted octanol–water partition coefficient (Wildman–Crippen LogP) is 7.25. The zero-order chi connectivity index (χ0) is 29.7. The van der Waals surface area contributed by atoms with Gasteiger partial charge in [-0.3, -0.25) is 19.2 Å². The van der Waals surface area contributed by atoms with Gasteiger partial charge in [-0.05, 0) is 48.6 Å². The van der Waals surface area contributed by atoms with Gasteiger partial charge in [0.2, 0.25) is 0 Å². The second kappa shape index (κ2) is 12.8. The third-order valence-corrected chi connectivity index (χ3v) is 8.36. The Morgan fingerprint density at radius 1 is 0.575 bits per heavy atom. The van der Waals surface area contributed by atoms with Gasteiger partial charge in [0, 0.05) is 60.2 Å². The molecule has 0 amide bonds. The van der Waals surface area contributed by atoms with E-state index in [9.17, 15) is 19.2 Å². The molecule has 5 rings (SSSR count). The molecule has 2 heterocycles. The van der Waals surface area contributed by atoms with Crippen molar-refractivity contribution in [3.05, 3.63) is 105 Å². The van der Waals surface area contributed by atoms with E-state index in [0.29, 0.717) is 0 Å². The Labute approximate surface area is 243 Å². The summed E-state index contributed by atoms with van der Waals surface area (Å²) in [5.74, 6) is -1.69. The summed E-state index contributed by atoms with van der Waals surface area (Å²) < 4.78 is 0. The van der Waals surface area contributed by atoms with Gasteiger partial charge in [0.05, 0.1) is 21.1 Å². The number of anilines is 2. The fraction of sp³-hybridized carbons (Fsp3) is 0.188. The lowest BCUT2D eigenvalue weighted by molar-refractivity contribution is 0.0978. The molecule has 0 spiro atoms. The third-order valence-electron chi connectivity index (χ3n) is 5.96. The molecule has 0 fully saturated rings. The molecule has 3 aromatic rings. The first-order valence-electron chi connectivity index (χ1n) is 12.6. The lowest BCUT2D eigenvalue weighted by atomic mass is 10.0. The minimum Gasteiger partial charge on any atom is -0.370 e. The zero-order valence-corrected chi connectivity index (χ0v) is 25.2. The minimum absolute atomic E-state index is 0.0521. The van der Waals surface area contributed by atoms with Crippen molar-refractivity contribution in [1.29, 1.82) is 0 Å². The van der Waals surface area contributed by atoms with Gasteiger partial charge in [-0.15, -0.1) is 22.7 Å². The summed E-state index contributed by atoms with van der Waals surface area (Å²) in [5.41, 5.74) is 0.800. The van der Waals surface area contributed by atoms with E-state index >= 15 is 0 Å². The van der Waals surface area contributed by atoms with Crippen molar-refractivity contribution >= 4 is 68.0 Å². The Hall–Kier alpha value is -4.14. The van der Waals surface area contributed by atoms with Crippen LogP contribution >= 0.6 is 22.7 Å². The standard InChI is InChI=1S/C26H20N2O4S2.C4H6.C2H6/c1-27(2)21-7-5-13(33-21)9-19-23(29)15-11-17-18(12-16(15)24(19)30)26(32)20(25(17)31)10-14-6-8-22(34-14)28(3)4;1-3-4-2;1-2/h5-12H,1-4H3;3-4H,1-2H2;1-2H3. The fourth-order valence-electron chi connectivity index (χ4n) is 4.00. The fourth-order valence-corrected chi connectivity index (χ4v) is 5.75. The van der Waals surface area contributed by atoms with Crippen molar-refractivity contribution < 1.29 is 19.2 Å². The number of nitrogens with zero attached hydrogens (tertiary/aromatic N) is 2. The first kappa shape index (κ1) is 30.4. The van der Waals surface area contributed by atoms with Gasteiger partial charge in [0.25, 0.3) is 0 Å². The molecular weight excluding hydrogens is 540 g/mol. The van der Waals surface area contributed by atoms with E-state index in [-0.39, 0.29) is 33.4 Å². The Balaban J connectivity index is 0.000000677. The molecule has 0 saturated carbocycles. The lowest BCUT2D eigenvalue weighted by Crippen LogP contribution is -2.05. The maximum Gasteiger partial charge on any atom is 0.197 e. The quantitative estimate of drug-likeness (QED) is 0.182. The van der Waals surface area contributed by atoms with Crippen molar-refractivity contribution in [3.63, 3.8) is 0 Å². The molecule has 0 unspecified atom stereocenters. The second-order valence-corrected chi connectivity index (χ2v) is 11.2. The van der Waals surface area contributed by atoms with E-state index in [2.05, 4.69) is 13.2 Å². The van der Waals surface area contributed by atoms with Crippen molar-refractivity contribution in [1.82, 2.24) is 0 Å². The summed E-state index contributed by atoms with van der Waals surface area (Å²) in [6.07, 6.45) is 6.45. The number of rotatable bonds is 5. The highest BCUT2D eigenvalue weighted by atomic mass is 32.1. The molecule has 0 aliphatic heterocycles. The summed E-state index contributed by atoms with van der Waals surface area (Å²) in [4.78, 5) is 57.7. The summed E-state index contributed by atoms with van der Waals surface area (Å²) in [7, 11) is 7.68. The Bertz CT molecular complexity index is 1410. The number of fused-ring (bicyclic) bond motifs is 2. The molecule has 2 aromatic heterocycles. The summed E-state index contributed by atoms with van der Waals surface area (Å²) in [6, 6.07) is 10.4. The summed E-state index contributed by atoms with van der Waals surface area (Å²) in [5, 5.41) is 2.00. The molecule has 0 saturated heterocycles. The van der Waals surface area contributed by atoms with Gasteiger partial charge in [-0.1, -0.05) is 39.2 Å². The van der Waals surface area contributed by atoms with E-state index < -0.39 is 23.1 Å². The average Bonchev–Trinajstić information content (AvgIpc) is 3.71. The number of hydrogen-bond donors (Lipinski definition) is 0. The smallest absolute Gasteiger partial charge is 0.197 e. The number of Topliss-reactive ketones (excluding diaryl/α,β-unsaturated/α-hetero) is 4. The number of hydrogen-bond acceptors (Lipinski definition) is 8. The van der Waals surface area contributed by atoms with Crippen LogP contribution in [-0.2, 0) is 0 Å². The topological polar surface area (TPSA) is 74.8 Å². The van der Waals surface area contributed by atoms with Crippen LogP contribution in [0.2, 0.25) is 0 Å². The minimum atomic E-state index is -0.422. The molecule has 8 heteroatoms. The highest BCUT2D eigenvalue weighted by Crippen LogP contribution is 2.37. The van der Waals surface area contributed by atoms with Crippen LogP contribution in [0.15, 0.2) is 72.9 Å². The van der Waals surface area contributed by atoms with Crippen LogP contribution in [0.4, 0.5) is 10.0 Å². The normalized spacial score (nSPS) is 13.1. The van der Waals surface area contributed by atoms with Gasteiger partial charge >= 0.3 is 0 Å². The highest BCUT2D eigenvalue weighted by Gasteiger charge is 2.40. The maximum atomic E-state index is 13.1. The van der Waals surface area contributed by atoms with Crippen LogP contribution in [0.5, 0.6) is 0 Å². The maximum absolute atomic E-state index is 13.1. The van der Waals surface area contributed by atoms with E-state index in [1.807, 2.05) is 76.1 Å². The van der Waals surface area contributed by atoms with Gasteiger partial charge in [0.1, 0.15) is 0 Å². The van der Waals surface area contributed by atoms with Crippen molar-refractivity contribution in [2.45, 2.75) is 13.8 Å². The van der Waals surface area contributed by atoms with Crippen LogP contribution < -0.4 is 9.80 Å². The third kappa shape index (κ3) is 5.88. The Morgan fingerprint density at radius 3 is 1.10 bits per heavy atom. The van der Waals surface area contributed by atoms with Crippen LogP contribution in [-0.4, -0.2) is 51.3 Å². The van der Waals surface area contributed by atoms with Crippen molar-refractivity contribution in [2.24, 2.45) is 0 Å². The number of allylic oxidation sites excluding steroid dienone is 4. The van der Waals surface area contributed by atoms with E-state index in [1.165, 1.54) is 34.8 Å². The predicted molar refractivity (Wildman–Crippen MR) is 169 cm³/mol. The lowest BCUT2D eigenvalue weighted by Gasteiger charge is -2.06. The molecule has 206 valence electrons. The molecule has 40 heavy (non-hydrogen) atoms. The van der Waals surface area contributed by atoms with Crippen molar-refractivity contribution in [2.75, 3.05) is 38.0 Å². The molecular formula is C32H32N2O4S2. The van der Waals surface area contributed by atoms with Gasteiger partial charge in [0.15, 0.2) is 23.1 Å². The average molecular weight is 573 g/mol. The number of ketones is 4. The number of thiophene rings is 2. The largest absolute Gasteiger partial charge is 0.370 e. The SMILES string of the molecule is C=CC=C.CC.CN(C)c1ccc(C=C2C(=O)c3cc4c(cc3C2=O)C(=O)C(=Cc2ccc(N(C)C)s2)C4=O)s1. The monoisotopic (exact) mass is 572 g/mol. The molecule has 0 N–H and O–H groups in total. The van der Waals surface area contributed by atoms with Gasteiger partial charge in [-0.25, -0.2) is 0 Å². The first-order valence-corrected chi connectivity index (χ1v) is 14.3. The van der Waals surface area contributed by atoms with E-state index in [0.717, 1.165) is 19.8 Å². The van der Waals surface area contributed by atoms with Gasteiger partial charge < -0.3 is 9.80 Å². The zero-order valence-electron chi connectivity index (χ0n) is 23.5. The van der Waals surface area contributed by atoms with E-state index in [4.69, 9.17) is 0 Å². The summed E-state index contributed by atoms with van der Waals surface area (Å²) in [6.45, 7) is 10.7. The van der Waals surface area contributed by atoms with Gasteiger partial charge in [-0.2, -0.15) is 0 Å². The molecule has 2 aliphatic rings. The first-order chi connectivity index (χ1) is 19.1. The highest BCUT2D eigenvalue weighted by molar-refractivity contribution is 7.17. The molecule has 0 bridgehead atoms. The van der Waals surface area contributed by atoms with E-state index in [1.54, 1.807) is 24.3 Å². The van der Waals surface area contributed by atoms with Crippen LogP contribution in [0.25, 0.3) is 12.2 Å². The molecule has 1 aromatic carbocycles. The number of carbonyl (C=O) groups is 4. The Kier molecular flexibility index (Phi) is 9.74. The molecule has 2 aliphatic carbocycles. The second-order valence-electron chi connectivity index (χ2n) is 8.99. The Morgan fingerprint density at radius 2 is 0.875 bits per heavy atom. The number of benzene rings is 1. The number of carbonyl (C=O) groups excluding carboxylic acids is 4. The molecule has 0 atom stereocenters. The van der Waals surface area contributed by atoms with Crippen LogP contribution in [0.3, 0.4) is 0 Å². The van der Waals surface area contributed by atoms with Crippen LogP contribution in [0, 0.1) is 0 Å². The molecule has 6 nitrogen and oxygen atoms in total. The molecule has 0 radical (unpaired) electrons. The van der Waals surface area contributed by atoms with Crippen molar-refractivity contribution in [3.8, 4) is 0 Å². The van der Waals surface area contributed by atoms with Crippen LogP contribution in [0.1, 0.15) is 65.0 Å². The summed E-state index contributed by atoms with van der Waals surface area (Å²) >= 11 is 2.93.